The van der Waals surface area contributed by atoms with Crippen molar-refractivity contribution < 1.29 is 9.18 Å². The average Bonchev–Trinajstić information content (AvgIpc) is 3.12. The first kappa shape index (κ1) is 20.6. The van der Waals surface area contributed by atoms with Gasteiger partial charge in [0.25, 0.3) is 5.91 Å². The van der Waals surface area contributed by atoms with Crippen LogP contribution in [0.1, 0.15) is 29.0 Å². The number of piperidine rings is 1. The number of primary amides is 1. The van der Waals surface area contributed by atoms with Crippen molar-refractivity contribution in [2.24, 2.45) is 5.73 Å². The van der Waals surface area contributed by atoms with E-state index < -0.39 is 5.91 Å². The highest BCUT2D eigenvalue weighted by Gasteiger charge is 2.19. The maximum absolute atomic E-state index is 13.2. The van der Waals surface area contributed by atoms with Crippen LogP contribution in [0, 0.1) is 5.82 Å². The highest BCUT2D eigenvalue weighted by atomic mass is 35.5. The number of amides is 1. The Morgan fingerprint density at radius 3 is 2.79 bits per heavy atom. The second-order valence-electron chi connectivity index (χ2n) is 6.64. The number of nitrogens with zero attached hydrogens (tertiary/aromatic N) is 2. The van der Waals surface area contributed by atoms with E-state index in [0.717, 1.165) is 52.2 Å². The van der Waals surface area contributed by atoms with Gasteiger partial charge in [0, 0.05) is 29.4 Å². The molecule has 0 aliphatic carbocycles. The standard InChI is InChI=1S/C19H20FN5OS.ClH/c20-12-5-3-11(4-6-12)16-8-14-15(10-23-13-2-1-7-22-9-13)24-25-17(19(21)26)18(14)27-16;/h3-6,8,13,22-23H,1-2,7,9-10H2,(H2,21,26);1H. The second-order valence-corrected chi connectivity index (χ2v) is 7.70. The smallest absolute Gasteiger partial charge is 0.270 e. The molecule has 1 unspecified atom stereocenters. The molecule has 1 amide bonds. The maximum atomic E-state index is 13.2. The molecule has 0 spiro atoms. The van der Waals surface area contributed by atoms with Crippen LogP contribution in [0.3, 0.4) is 0 Å². The first-order valence-electron chi connectivity index (χ1n) is 8.91. The number of benzene rings is 1. The summed E-state index contributed by atoms with van der Waals surface area (Å²) < 4.78 is 13.9. The van der Waals surface area contributed by atoms with Crippen molar-refractivity contribution in [2.75, 3.05) is 13.1 Å². The van der Waals surface area contributed by atoms with Crippen LogP contribution in [0.2, 0.25) is 0 Å². The Bertz CT molecular complexity index is 972. The summed E-state index contributed by atoms with van der Waals surface area (Å²) in [4.78, 5) is 12.7. The molecule has 2 aromatic heterocycles. The second kappa shape index (κ2) is 8.91. The van der Waals surface area contributed by atoms with Crippen LogP contribution in [-0.4, -0.2) is 35.2 Å². The first-order valence-corrected chi connectivity index (χ1v) is 9.72. The number of carbonyl (C=O) groups is 1. The zero-order valence-electron chi connectivity index (χ0n) is 15.1. The largest absolute Gasteiger partial charge is 0.364 e. The van der Waals surface area contributed by atoms with E-state index in [-0.39, 0.29) is 23.9 Å². The molecule has 3 aromatic rings. The lowest BCUT2D eigenvalue weighted by molar-refractivity contribution is 0.0996. The number of aromatic nitrogens is 2. The zero-order valence-corrected chi connectivity index (χ0v) is 16.7. The summed E-state index contributed by atoms with van der Waals surface area (Å²) in [6, 6.07) is 8.65. The van der Waals surface area contributed by atoms with Crippen LogP contribution in [0.15, 0.2) is 30.3 Å². The predicted molar refractivity (Wildman–Crippen MR) is 111 cm³/mol. The molecule has 148 valence electrons. The maximum Gasteiger partial charge on any atom is 0.270 e. The summed E-state index contributed by atoms with van der Waals surface area (Å²) in [6.45, 7) is 2.55. The van der Waals surface area contributed by atoms with Crippen LogP contribution in [0.4, 0.5) is 4.39 Å². The minimum Gasteiger partial charge on any atom is -0.364 e. The Labute approximate surface area is 172 Å². The minimum atomic E-state index is -0.601. The summed E-state index contributed by atoms with van der Waals surface area (Å²) in [5.41, 5.74) is 7.31. The number of thiophene rings is 1. The van der Waals surface area contributed by atoms with Gasteiger partial charge in [-0.1, -0.05) is 12.1 Å². The van der Waals surface area contributed by atoms with E-state index in [1.54, 1.807) is 12.1 Å². The number of halogens is 2. The van der Waals surface area contributed by atoms with Crippen LogP contribution in [0.25, 0.3) is 20.5 Å². The lowest BCUT2D eigenvalue weighted by atomic mass is 10.1. The summed E-state index contributed by atoms with van der Waals surface area (Å²) in [5, 5.41) is 16.1. The van der Waals surface area contributed by atoms with Gasteiger partial charge in [-0.05, 0) is 43.1 Å². The quantitative estimate of drug-likeness (QED) is 0.589. The van der Waals surface area contributed by atoms with Crippen molar-refractivity contribution in [3.63, 3.8) is 0 Å². The normalized spacial score (nSPS) is 16.7. The lowest BCUT2D eigenvalue weighted by Gasteiger charge is -2.23. The lowest BCUT2D eigenvalue weighted by Crippen LogP contribution is -2.42. The summed E-state index contributed by atoms with van der Waals surface area (Å²) in [6.07, 6.45) is 2.26. The van der Waals surface area contributed by atoms with Crippen molar-refractivity contribution in [1.29, 1.82) is 0 Å². The van der Waals surface area contributed by atoms with Gasteiger partial charge in [0.05, 0.1) is 10.4 Å². The molecular weight excluding hydrogens is 401 g/mol. The summed E-state index contributed by atoms with van der Waals surface area (Å²) in [7, 11) is 0. The Morgan fingerprint density at radius 2 is 2.11 bits per heavy atom. The fourth-order valence-electron chi connectivity index (χ4n) is 3.31. The van der Waals surface area contributed by atoms with Crippen molar-refractivity contribution >= 4 is 39.7 Å². The SMILES string of the molecule is Cl.NC(=O)c1nnc(CNC2CCCNC2)c2cc(-c3ccc(F)cc3)sc12. The third-order valence-corrected chi connectivity index (χ3v) is 5.94. The van der Waals surface area contributed by atoms with Gasteiger partial charge in [0.1, 0.15) is 5.82 Å². The van der Waals surface area contributed by atoms with Crippen molar-refractivity contribution in [3.05, 3.63) is 47.5 Å². The van der Waals surface area contributed by atoms with E-state index in [4.69, 9.17) is 5.73 Å². The van der Waals surface area contributed by atoms with E-state index in [0.29, 0.717) is 12.6 Å². The van der Waals surface area contributed by atoms with Gasteiger partial charge in [-0.2, -0.15) is 5.10 Å². The molecule has 9 heteroatoms. The first-order chi connectivity index (χ1) is 13.1. The molecule has 4 rings (SSSR count). The minimum absolute atomic E-state index is 0. The number of hydrogen-bond donors (Lipinski definition) is 3. The van der Waals surface area contributed by atoms with Gasteiger partial charge in [-0.25, -0.2) is 4.39 Å². The van der Waals surface area contributed by atoms with E-state index in [1.807, 2.05) is 6.07 Å². The molecule has 6 nitrogen and oxygen atoms in total. The number of carbonyl (C=O) groups excluding carboxylic acids is 1. The molecule has 28 heavy (non-hydrogen) atoms. The van der Waals surface area contributed by atoms with Crippen molar-refractivity contribution in [1.82, 2.24) is 20.8 Å². The molecule has 1 aliphatic heterocycles. The van der Waals surface area contributed by atoms with E-state index in [1.165, 1.54) is 23.5 Å². The number of nitrogens with two attached hydrogens (primary N) is 1. The van der Waals surface area contributed by atoms with Crippen LogP contribution < -0.4 is 16.4 Å². The zero-order chi connectivity index (χ0) is 18.8. The number of rotatable bonds is 5. The molecule has 0 saturated carbocycles. The molecule has 4 N–H and O–H groups in total. The fourth-order valence-corrected chi connectivity index (χ4v) is 4.48. The third kappa shape index (κ3) is 4.30. The van der Waals surface area contributed by atoms with E-state index in [2.05, 4.69) is 20.8 Å². The van der Waals surface area contributed by atoms with Crippen LogP contribution in [0.5, 0.6) is 0 Å². The van der Waals surface area contributed by atoms with Crippen LogP contribution >= 0.6 is 23.7 Å². The Balaban J connectivity index is 0.00000225. The number of fused-ring (bicyclic) bond motifs is 1. The molecule has 1 fully saturated rings. The van der Waals surface area contributed by atoms with Gasteiger partial charge in [-0.15, -0.1) is 28.8 Å². The fraction of sp³-hybridized carbons (Fsp3) is 0.316. The molecule has 0 radical (unpaired) electrons. The molecule has 3 heterocycles. The monoisotopic (exact) mass is 421 g/mol. The van der Waals surface area contributed by atoms with Gasteiger partial charge < -0.3 is 16.4 Å². The topological polar surface area (TPSA) is 92.9 Å². The molecule has 0 bridgehead atoms. The van der Waals surface area contributed by atoms with Gasteiger partial charge in [-0.3, -0.25) is 4.79 Å². The van der Waals surface area contributed by atoms with Gasteiger partial charge in [0.15, 0.2) is 5.69 Å². The molecular formula is C19H21ClFN5OS. The molecule has 1 aromatic carbocycles. The molecule has 1 aliphatic rings. The predicted octanol–water partition coefficient (Wildman–Crippen LogP) is 2.86. The Kier molecular flexibility index (Phi) is 6.56. The van der Waals surface area contributed by atoms with E-state index >= 15 is 0 Å². The molecule has 1 atom stereocenters. The van der Waals surface area contributed by atoms with Crippen molar-refractivity contribution in [2.45, 2.75) is 25.4 Å². The number of hydrogen-bond acceptors (Lipinski definition) is 6. The Morgan fingerprint density at radius 1 is 1.32 bits per heavy atom. The van der Waals surface area contributed by atoms with E-state index in [9.17, 15) is 9.18 Å². The molecule has 1 saturated heterocycles. The van der Waals surface area contributed by atoms with Gasteiger partial charge in [0.2, 0.25) is 0 Å². The highest BCUT2D eigenvalue weighted by Crippen LogP contribution is 2.36. The average molecular weight is 422 g/mol. The van der Waals surface area contributed by atoms with Gasteiger partial charge >= 0.3 is 0 Å². The van der Waals surface area contributed by atoms with Crippen LogP contribution in [-0.2, 0) is 6.54 Å². The third-order valence-electron chi connectivity index (χ3n) is 4.75. The highest BCUT2D eigenvalue weighted by molar-refractivity contribution is 7.22. The van der Waals surface area contributed by atoms with Crippen molar-refractivity contribution in [3.8, 4) is 10.4 Å². The number of nitrogens with one attached hydrogen (secondary N) is 2. The summed E-state index contributed by atoms with van der Waals surface area (Å²) >= 11 is 1.42. The summed E-state index contributed by atoms with van der Waals surface area (Å²) in [5.74, 6) is -0.886. The Hall–Kier alpha value is -2.13.